The summed E-state index contributed by atoms with van der Waals surface area (Å²) in [5.41, 5.74) is 2.08. The number of nitrogens with one attached hydrogen (secondary N) is 1. The largest absolute Gasteiger partial charge is 0.493 e. The smallest absolute Gasteiger partial charge is 0.203 e. The van der Waals surface area contributed by atoms with E-state index in [9.17, 15) is 0 Å². The van der Waals surface area contributed by atoms with Crippen LogP contribution < -0.4 is 14.4 Å². The molecule has 0 bridgehead atoms. The van der Waals surface area contributed by atoms with Crippen molar-refractivity contribution in [2.45, 2.75) is 26.7 Å². The van der Waals surface area contributed by atoms with Crippen molar-refractivity contribution < 1.29 is 14.4 Å². The minimum absolute atomic E-state index is 0.595. The second kappa shape index (κ2) is 10.2. The third-order valence-corrected chi connectivity index (χ3v) is 5.04. The molecule has 158 valence electrons. The fourth-order valence-electron chi connectivity index (χ4n) is 3.30. The molecule has 1 atom stereocenters. The van der Waals surface area contributed by atoms with Crippen LogP contribution >= 0.6 is 12.2 Å². The van der Waals surface area contributed by atoms with Gasteiger partial charge in [-0.1, -0.05) is 6.08 Å². The van der Waals surface area contributed by atoms with Gasteiger partial charge in [-0.2, -0.15) is 4.68 Å². The maximum atomic E-state index is 5.69. The summed E-state index contributed by atoms with van der Waals surface area (Å²) in [6, 6.07) is 9.91. The van der Waals surface area contributed by atoms with E-state index in [2.05, 4.69) is 24.7 Å². The van der Waals surface area contributed by atoms with Gasteiger partial charge in [-0.3, -0.25) is 9.55 Å². The van der Waals surface area contributed by atoms with Crippen LogP contribution in [0.3, 0.4) is 0 Å². The summed E-state index contributed by atoms with van der Waals surface area (Å²) >= 11 is 5.69. The molecule has 3 aromatic rings. The highest BCUT2D eigenvalue weighted by Crippen LogP contribution is 2.27. The fourth-order valence-corrected chi connectivity index (χ4v) is 3.57. The Morgan fingerprint density at radius 3 is 2.77 bits per heavy atom. The Morgan fingerprint density at radius 2 is 2.10 bits per heavy atom. The fraction of sp³-hybridized carbons (Fsp3) is 0.318. The first kappa shape index (κ1) is 21.7. The zero-order valence-corrected chi connectivity index (χ0v) is 18.5. The number of hydrogen-bond acceptors (Lipinski definition) is 5. The summed E-state index contributed by atoms with van der Waals surface area (Å²) in [6.45, 7) is 8.43. The van der Waals surface area contributed by atoms with Gasteiger partial charge in [-0.05, 0) is 49.5 Å². The van der Waals surface area contributed by atoms with E-state index >= 15 is 0 Å². The van der Waals surface area contributed by atoms with Crippen LogP contribution in [-0.4, -0.2) is 40.1 Å². The van der Waals surface area contributed by atoms with Crippen molar-refractivity contribution in [3.8, 4) is 22.9 Å². The zero-order chi connectivity index (χ0) is 21.5. The summed E-state index contributed by atoms with van der Waals surface area (Å²) < 4.78 is 15.6. The maximum absolute atomic E-state index is 5.69. The topological polar surface area (TPSA) is 58.5 Å². The summed E-state index contributed by atoms with van der Waals surface area (Å²) in [5.74, 6) is 2.30. The third kappa shape index (κ3) is 4.95. The minimum Gasteiger partial charge on any atom is -0.493 e. The van der Waals surface area contributed by atoms with Crippen LogP contribution in [0, 0.1) is 4.77 Å². The van der Waals surface area contributed by atoms with Crippen molar-refractivity contribution in [2.75, 3.05) is 20.8 Å². The Bertz CT molecular complexity index is 1050. The molecule has 8 heteroatoms. The standard InChI is InChI=1S/C22H27N5O2S/c1-5-12-26-21(18-8-7-11-23-14-18)24-27(22(26)30)16-25(3)15-17-9-10-19(29-6-2)20(13-17)28-4/h5,7-11,13-14H,1,6,12,15-16H2,2-4H3/p+1. The normalized spacial score (nSPS) is 11.8. The van der Waals surface area contributed by atoms with Gasteiger partial charge in [0.25, 0.3) is 0 Å². The molecule has 0 aliphatic rings. The van der Waals surface area contributed by atoms with E-state index in [1.807, 2.05) is 46.5 Å². The van der Waals surface area contributed by atoms with Crippen LogP contribution in [0.25, 0.3) is 11.4 Å². The van der Waals surface area contributed by atoms with Crippen molar-refractivity contribution in [1.82, 2.24) is 19.3 Å². The molecule has 2 aromatic heterocycles. The van der Waals surface area contributed by atoms with Gasteiger partial charge < -0.3 is 14.4 Å². The summed E-state index contributed by atoms with van der Waals surface area (Å²) in [4.78, 5) is 5.44. The number of methoxy groups -OCH3 is 1. The van der Waals surface area contributed by atoms with Crippen molar-refractivity contribution in [3.63, 3.8) is 0 Å². The van der Waals surface area contributed by atoms with Crippen LogP contribution in [0.2, 0.25) is 0 Å². The van der Waals surface area contributed by atoms with Crippen LogP contribution in [0.15, 0.2) is 55.4 Å². The Labute approximate surface area is 182 Å². The monoisotopic (exact) mass is 426 g/mol. The van der Waals surface area contributed by atoms with Gasteiger partial charge in [0.15, 0.2) is 24.0 Å². The quantitative estimate of drug-likeness (QED) is 0.399. The average Bonchev–Trinajstić information content (AvgIpc) is 3.05. The number of allylic oxidation sites excluding steroid dienone is 1. The maximum Gasteiger partial charge on any atom is 0.203 e. The molecule has 3 rings (SSSR count). The molecular formula is C22H28N5O2S+. The number of aromatic nitrogens is 4. The molecule has 2 heterocycles. The number of hydrogen-bond donors (Lipinski definition) is 1. The lowest BCUT2D eigenvalue weighted by Crippen LogP contribution is -3.07. The summed E-state index contributed by atoms with van der Waals surface area (Å²) in [6.07, 6.45) is 5.37. The van der Waals surface area contributed by atoms with Crippen molar-refractivity contribution in [3.05, 3.63) is 65.7 Å². The van der Waals surface area contributed by atoms with Gasteiger partial charge >= 0.3 is 0 Å². The first-order chi connectivity index (χ1) is 14.6. The highest BCUT2D eigenvalue weighted by Gasteiger charge is 2.15. The Hall–Kier alpha value is -2.97. The van der Waals surface area contributed by atoms with Gasteiger partial charge in [0.05, 0.1) is 20.8 Å². The summed E-state index contributed by atoms with van der Waals surface area (Å²) in [5, 5.41) is 4.77. The lowest BCUT2D eigenvalue weighted by Gasteiger charge is -2.15. The van der Waals surface area contributed by atoms with Gasteiger partial charge in [-0.25, -0.2) is 0 Å². The second-order valence-electron chi connectivity index (χ2n) is 6.96. The SMILES string of the molecule is C=CCn1c(-c2cccnc2)nn(C[NH+](C)Cc2ccc(OCC)c(OC)c2)c1=S. The molecule has 0 spiro atoms. The number of pyridine rings is 1. The molecule has 1 N–H and O–H groups in total. The predicted molar refractivity (Wildman–Crippen MR) is 119 cm³/mol. The van der Waals surface area contributed by atoms with E-state index in [1.54, 1.807) is 19.5 Å². The van der Waals surface area contributed by atoms with Crippen molar-refractivity contribution >= 4 is 12.2 Å². The third-order valence-electron chi connectivity index (χ3n) is 4.61. The van der Waals surface area contributed by atoms with Gasteiger partial charge in [0.2, 0.25) is 4.77 Å². The van der Waals surface area contributed by atoms with E-state index in [-0.39, 0.29) is 0 Å². The van der Waals surface area contributed by atoms with Gasteiger partial charge in [-0.15, -0.1) is 11.7 Å². The van der Waals surface area contributed by atoms with Crippen molar-refractivity contribution in [1.29, 1.82) is 0 Å². The van der Waals surface area contributed by atoms with E-state index in [1.165, 1.54) is 4.90 Å². The lowest BCUT2D eigenvalue weighted by molar-refractivity contribution is -0.917. The van der Waals surface area contributed by atoms with E-state index in [4.69, 9.17) is 26.8 Å². The first-order valence-corrected chi connectivity index (χ1v) is 10.3. The van der Waals surface area contributed by atoms with Crippen LogP contribution in [0.4, 0.5) is 0 Å². The Kier molecular flexibility index (Phi) is 7.37. The molecule has 30 heavy (non-hydrogen) atoms. The molecule has 1 unspecified atom stereocenters. The van der Waals surface area contributed by atoms with Crippen LogP contribution in [0.1, 0.15) is 12.5 Å². The highest BCUT2D eigenvalue weighted by atomic mass is 32.1. The summed E-state index contributed by atoms with van der Waals surface area (Å²) in [7, 11) is 3.77. The molecule has 0 saturated heterocycles. The van der Waals surface area contributed by atoms with Gasteiger partial charge in [0, 0.05) is 30.1 Å². The predicted octanol–water partition coefficient (Wildman–Crippen LogP) is 2.74. The number of rotatable bonds is 10. The molecule has 7 nitrogen and oxygen atoms in total. The Morgan fingerprint density at radius 1 is 1.27 bits per heavy atom. The molecule has 0 saturated carbocycles. The molecular weight excluding hydrogens is 398 g/mol. The zero-order valence-electron chi connectivity index (χ0n) is 17.7. The molecule has 0 amide bonds. The van der Waals surface area contributed by atoms with E-state index in [0.29, 0.717) is 24.6 Å². The number of quaternary nitrogens is 1. The number of nitrogens with zero attached hydrogens (tertiary/aromatic N) is 4. The first-order valence-electron chi connectivity index (χ1n) is 9.87. The minimum atomic E-state index is 0.595. The molecule has 1 aromatic carbocycles. The number of ether oxygens (including phenoxy) is 2. The molecule has 0 aliphatic carbocycles. The molecule has 0 aliphatic heterocycles. The van der Waals surface area contributed by atoms with E-state index in [0.717, 1.165) is 35.0 Å². The molecule has 0 radical (unpaired) electrons. The molecule has 0 fully saturated rings. The number of benzene rings is 1. The average molecular weight is 427 g/mol. The highest BCUT2D eigenvalue weighted by molar-refractivity contribution is 7.71. The van der Waals surface area contributed by atoms with Crippen LogP contribution in [0.5, 0.6) is 11.5 Å². The van der Waals surface area contributed by atoms with E-state index < -0.39 is 0 Å². The second-order valence-corrected chi connectivity index (χ2v) is 7.32. The lowest BCUT2D eigenvalue weighted by atomic mass is 10.2. The van der Waals surface area contributed by atoms with Gasteiger partial charge in [0.1, 0.15) is 6.54 Å². The van der Waals surface area contributed by atoms with Crippen molar-refractivity contribution in [2.24, 2.45) is 0 Å². The van der Waals surface area contributed by atoms with Crippen LogP contribution in [-0.2, 0) is 19.8 Å². The Balaban J connectivity index is 1.81.